The standard InChI is InChI=1S/C18H18N2O2/c1-18(2)21-15-11-8-12(16(15)22-18)14-13(11)9-19-17(20-14)10-6-4-3-5-7-10/h3-7,9,11-12,15-16H,8H2,1-2H3/t11-,12+,15-,16+/m1/s1. The van der Waals surface area contributed by atoms with Gasteiger partial charge in [-0.15, -0.1) is 0 Å². The van der Waals surface area contributed by atoms with Gasteiger partial charge in [0, 0.05) is 23.6 Å². The molecule has 1 saturated carbocycles. The summed E-state index contributed by atoms with van der Waals surface area (Å²) in [6.45, 7) is 3.99. The van der Waals surface area contributed by atoms with E-state index in [1.54, 1.807) is 0 Å². The Bertz CT molecular complexity index is 744. The SMILES string of the molecule is CC1(C)O[C@@H]2[C@H](O1)[C@@H]1C[C@H]2c2nc(-c3ccccc3)ncc21. The molecule has 2 aromatic rings. The second kappa shape index (κ2) is 4.15. The monoisotopic (exact) mass is 294 g/mol. The summed E-state index contributed by atoms with van der Waals surface area (Å²) in [7, 11) is 0. The number of ether oxygens (including phenoxy) is 2. The zero-order valence-corrected chi connectivity index (χ0v) is 12.7. The highest BCUT2D eigenvalue weighted by Crippen LogP contribution is 2.58. The molecule has 0 N–H and O–H groups in total. The largest absolute Gasteiger partial charge is 0.344 e. The van der Waals surface area contributed by atoms with Crippen LogP contribution < -0.4 is 0 Å². The van der Waals surface area contributed by atoms with Gasteiger partial charge in [0.1, 0.15) is 0 Å². The Kier molecular flexibility index (Phi) is 2.40. The van der Waals surface area contributed by atoms with Gasteiger partial charge in [0.2, 0.25) is 0 Å². The average Bonchev–Trinajstić information content (AvgIpc) is 3.14. The maximum atomic E-state index is 6.13. The van der Waals surface area contributed by atoms with Crippen molar-refractivity contribution in [2.24, 2.45) is 0 Å². The van der Waals surface area contributed by atoms with Gasteiger partial charge in [0.25, 0.3) is 0 Å². The van der Waals surface area contributed by atoms with Crippen molar-refractivity contribution < 1.29 is 9.47 Å². The molecule has 0 unspecified atom stereocenters. The van der Waals surface area contributed by atoms with Crippen molar-refractivity contribution >= 4 is 0 Å². The van der Waals surface area contributed by atoms with E-state index in [2.05, 4.69) is 17.1 Å². The third-order valence-electron chi connectivity index (χ3n) is 5.10. The van der Waals surface area contributed by atoms with Crippen LogP contribution in [0.2, 0.25) is 0 Å². The van der Waals surface area contributed by atoms with Gasteiger partial charge >= 0.3 is 0 Å². The molecule has 3 aliphatic rings. The number of fused-ring (bicyclic) bond motifs is 8. The molecule has 2 fully saturated rings. The van der Waals surface area contributed by atoms with Crippen LogP contribution in [0.4, 0.5) is 0 Å². The van der Waals surface area contributed by atoms with Crippen LogP contribution in [0.25, 0.3) is 11.4 Å². The molecular formula is C18H18N2O2. The average molecular weight is 294 g/mol. The highest BCUT2D eigenvalue weighted by molar-refractivity contribution is 5.56. The lowest BCUT2D eigenvalue weighted by atomic mass is 9.92. The van der Waals surface area contributed by atoms with Crippen LogP contribution in [-0.2, 0) is 9.47 Å². The first-order chi connectivity index (χ1) is 10.6. The van der Waals surface area contributed by atoms with Gasteiger partial charge in [-0.05, 0) is 25.8 Å². The molecule has 0 radical (unpaired) electrons. The van der Waals surface area contributed by atoms with E-state index in [1.807, 2.05) is 38.2 Å². The van der Waals surface area contributed by atoms with E-state index in [0.717, 1.165) is 17.8 Å². The van der Waals surface area contributed by atoms with Crippen LogP contribution in [0.5, 0.6) is 0 Å². The summed E-state index contributed by atoms with van der Waals surface area (Å²) in [5.41, 5.74) is 3.49. The van der Waals surface area contributed by atoms with Gasteiger partial charge in [-0.1, -0.05) is 30.3 Å². The van der Waals surface area contributed by atoms with Crippen molar-refractivity contribution in [3.05, 3.63) is 47.8 Å². The molecule has 1 aromatic heterocycles. The molecule has 4 atom stereocenters. The van der Waals surface area contributed by atoms with Crippen LogP contribution in [0.3, 0.4) is 0 Å². The fourth-order valence-electron chi connectivity index (χ4n) is 4.27. The topological polar surface area (TPSA) is 44.2 Å². The Balaban J connectivity index is 1.57. The molecule has 5 rings (SSSR count). The highest BCUT2D eigenvalue weighted by atomic mass is 16.8. The fourth-order valence-corrected chi connectivity index (χ4v) is 4.27. The van der Waals surface area contributed by atoms with Crippen molar-refractivity contribution in [2.75, 3.05) is 0 Å². The summed E-state index contributed by atoms with van der Waals surface area (Å²) >= 11 is 0. The number of rotatable bonds is 1. The predicted octanol–water partition coefficient (Wildman–Crippen LogP) is 3.25. The van der Waals surface area contributed by atoms with Crippen molar-refractivity contribution in [1.29, 1.82) is 0 Å². The van der Waals surface area contributed by atoms with E-state index in [9.17, 15) is 0 Å². The molecule has 4 heteroatoms. The summed E-state index contributed by atoms with van der Waals surface area (Å²) in [6.07, 6.45) is 3.39. The first kappa shape index (κ1) is 12.7. The Hall–Kier alpha value is -1.78. The van der Waals surface area contributed by atoms with Crippen LogP contribution in [0.1, 0.15) is 43.4 Å². The second-order valence-electron chi connectivity index (χ2n) is 6.91. The van der Waals surface area contributed by atoms with Crippen LogP contribution in [0, 0.1) is 0 Å². The van der Waals surface area contributed by atoms with Crippen molar-refractivity contribution in [2.45, 2.75) is 50.1 Å². The lowest BCUT2D eigenvalue weighted by molar-refractivity contribution is -0.153. The first-order valence-electron chi connectivity index (χ1n) is 7.90. The molecule has 2 bridgehead atoms. The minimum Gasteiger partial charge on any atom is -0.344 e. The molecule has 2 aliphatic carbocycles. The molecule has 0 amide bonds. The molecular weight excluding hydrogens is 276 g/mol. The van der Waals surface area contributed by atoms with E-state index in [1.165, 1.54) is 11.3 Å². The van der Waals surface area contributed by atoms with E-state index in [0.29, 0.717) is 11.8 Å². The number of hydrogen-bond acceptors (Lipinski definition) is 4. The molecule has 1 saturated heterocycles. The number of hydrogen-bond donors (Lipinski definition) is 0. The number of nitrogens with zero attached hydrogens (tertiary/aromatic N) is 2. The summed E-state index contributed by atoms with van der Waals surface area (Å²) in [6, 6.07) is 10.1. The summed E-state index contributed by atoms with van der Waals surface area (Å²) in [5, 5.41) is 0. The zero-order valence-electron chi connectivity index (χ0n) is 12.7. The van der Waals surface area contributed by atoms with Gasteiger partial charge in [-0.2, -0.15) is 0 Å². The minimum absolute atomic E-state index is 0.144. The van der Waals surface area contributed by atoms with Gasteiger partial charge in [-0.25, -0.2) is 9.97 Å². The van der Waals surface area contributed by atoms with Gasteiger partial charge in [0.15, 0.2) is 11.6 Å². The molecule has 0 spiro atoms. The number of aromatic nitrogens is 2. The lowest BCUT2D eigenvalue weighted by Crippen LogP contribution is -2.29. The summed E-state index contributed by atoms with van der Waals surface area (Å²) < 4.78 is 12.2. The molecule has 1 aromatic carbocycles. The van der Waals surface area contributed by atoms with Gasteiger partial charge < -0.3 is 9.47 Å². The smallest absolute Gasteiger partial charge is 0.163 e. The second-order valence-corrected chi connectivity index (χ2v) is 6.91. The Morgan fingerprint density at radius 3 is 2.55 bits per heavy atom. The Morgan fingerprint density at radius 2 is 1.77 bits per heavy atom. The van der Waals surface area contributed by atoms with E-state index < -0.39 is 5.79 Å². The van der Waals surface area contributed by atoms with Gasteiger partial charge in [0.05, 0.1) is 17.9 Å². The lowest BCUT2D eigenvalue weighted by Gasteiger charge is -2.23. The molecule has 2 heterocycles. The Labute approximate surface area is 129 Å². The predicted molar refractivity (Wildman–Crippen MR) is 81.4 cm³/mol. The Morgan fingerprint density at radius 1 is 1.05 bits per heavy atom. The third-order valence-corrected chi connectivity index (χ3v) is 5.10. The quantitative estimate of drug-likeness (QED) is 0.810. The minimum atomic E-state index is -0.482. The molecule has 22 heavy (non-hydrogen) atoms. The van der Waals surface area contributed by atoms with Gasteiger partial charge in [-0.3, -0.25) is 0 Å². The van der Waals surface area contributed by atoms with E-state index >= 15 is 0 Å². The van der Waals surface area contributed by atoms with Crippen molar-refractivity contribution in [3.8, 4) is 11.4 Å². The van der Waals surface area contributed by atoms with E-state index in [-0.39, 0.29) is 12.2 Å². The molecule has 1 aliphatic heterocycles. The molecule has 112 valence electrons. The molecule has 4 nitrogen and oxygen atoms in total. The van der Waals surface area contributed by atoms with E-state index in [4.69, 9.17) is 14.5 Å². The van der Waals surface area contributed by atoms with Crippen LogP contribution in [0.15, 0.2) is 36.5 Å². The maximum absolute atomic E-state index is 6.13. The highest BCUT2D eigenvalue weighted by Gasteiger charge is 2.59. The zero-order chi connectivity index (χ0) is 14.9. The normalized spacial score (nSPS) is 33.7. The van der Waals surface area contributed by atoms with Crippen molar-refractivity contribution in [1.82, 2.24) is 9.97 Å². The summed E-state index contributed by atoms with van der Waals surface area (Å²) in [4.78, 5) is 9.45. The summed E-state index contributed by atoms with van der Waals surface area (Å²) in [5.74, 6) is 1.06. The third kappa shape index (κ3) is 1.65. The number of benzene rings is 1. The fraction of sp³-hybridized carbons (Fsp3) is 0.444. The van der Waals surface area contributed by atoms with Crippen molar-refractivity contribution in [3.63, 3.8) is 0 Å². The van der Waals surface area contributed by atoms with Crippen LogP contribution in [-0.4, -0.2) is 28.0 Å². The van der Waals surface area contributed by atoms with Crippen LogP contribution >= 0.6 is 0 Å². The first-order valence-corrected chi connectivity index (χ1v) is 7.90. The maximum Gasteiger partial charge on any atom is 0.163 e.